The van der Waals surface area contributed by atoms with Crippen LogP contribution in [0.25, 0.3) is 10.9 Å². The third kappa shape index (κ3) is 3.31. The smallest absolute Gasteiger partial charge is 0.306 e. The van der Waals surface area contributed by atoms with Crippen molar-refractivity contribution in [2.45, 2.75) is 31.6 Å². The van der Waals surface area contributed by atoms with Gasteiger partial charge >= 0.3 is 5.97 Å². The van der Waals surface area contributed by atoms with Crippen molar-refractivity contribution in [2.24, 2.45) is 5.92 Å². The molecule has 1 aromatic heterocycles. The topological polar surface area (TPSA) is 78.4 Å². The van der Waals surface area contributed by atoms with Gasteiger partial charge in [0.25, 0.3) is 0 Å². The monoisotopic (exact) mass is 340 g/mol. The van der Waals surface area contributed by atoms with Gasteiger partial charge in [-0.2, -0.15) is 0 Å². The first-order valence-corrected chi connectivity index (χ1v) is 9.15. The van der Waals surface area contributed by atoms with E-state index in [4.69, 9.17) is 5.11 Å². The highest BCUT2D eigenvalue weighted by Crippen LogP contribution is 2.31. The molecule has 2 N–H and O–H groups in total. The third-order valence-electron chi connectivity index (χ3n) is 5.59. The molecule has 6 heteroatoms. The molecular formula is C19H24N4O2. The molecule has 2 fully saturated rings. The van der Waals surface area contributed by atoms with Gasteiger partial charge < -0.3 is 15.3 Å². The van der Waals surface area contributed by atoms with Gasteiger partial charge in [-0.25, -0.2) is 9.97 Å². The number of aromatic nitrogens is 2. The van der Waals surface area contributed by atoms with Crippen molar-refractivity contribution in [3.05, 3.63) is 30.2 Å². The van der Waals surface area contributed by atoms with Crippen LogP contribution >= 0.6 is 0 Å². The number of hydrogen-bond donors (Lipinski definition) is 2. The lowest BCUT2D eigenvalue weighted by Crippen LogP contribution is -2.36. The summed E-state index contributed by atoms with van der Waals surface area (Å²) < 4.78 is 0. The minimum absolute atomic E-state index is 0.203. The van der Waals surface area contributed by atoms with Gasteiger partial charge in [-0.15, -0.1) is 0 Å². The highest BCUT2D eigenvalue weighted by atomic mass is 16.4. The Morgan fingerprint density at radius 2 is 1.88 bits per heavy atom. The quantitative estimate of drug-likeness (QED) is 0.893. The Balaban J connectivity index is 1.58. The Kier molecular flexibility index (Phi) is 4.53. The van der Waals surface area contributed by atoms with Crippen LogP contribution in [0.2, 0.25) is 0 Å². The SMILES string of the molecule is O=C(O)C1CCN(c2ccc3c(C4CCNCC4)ncnc3c2)CC1. The second-order valence-electron chi connectivity index (χ2n) is 7.08. The summed E-state index contributed by atoms with van der Waals surface area (Å²) in [5.41, 5.74) is 3.29. The average Bonchev–Trinajstić information content (AvgIpc) is 2.68. The summed E-state index contributed by atoms with van der Waals surface area (Å²) in [6, 6.07) is 6.41. The van der Waals surface area contributed by atoms with Crippen LogP contribution in [0.1, 0.15) is 37.3 Å². The van der Waals surface area contributed by atoms with Gasteiger partial charge in [-0.1, -0.05) is 0 Å². The minimum Gasteiger partial charge on any atom is -0.481 e. The van der Waals surface area contributed by atoms with Gasteiger partial charge in [0.15, 0.2) is 0 Å². The van der Waals surface area contributed by atoms with Crippen LogP contribution in [-0.4, -0.2) is 47.2 Å². The fourth-order valence-corrected chi connectivity index (χ4v) is 4.07. The molecule has 132 valence electrons. The number of benzene rings is 1. The number of hydrogen-bond acceptors (Lipinski definition) is 5. The van der Waals surface area contributed by atoms with Crippen molar-refractivity contribution in [2.75, 3.05) is 31.1 Å². The van der Waals surface area contributed by atoms with E-state index in [9.17, 15) is 4.79 Å². The molecule has 0 amide bonds. The summed E-state index contributed by atoms with van der Waals surface area (Å²) in [5, 5.41) is 13.7. The molecule has 0 radical (unpaired) electrons. The van der Waals surface area contributed by atoms with Gasteiger partial charge in [0.1, 0.15) is 6.33 Å². The summed E-state index contributed by atoms with van der Waals surface area (Å²) in [6.45, 7) is 3.67. The maximum Gasteiger partial charge on any atom is 0.306 e. The second-order valence-corrected chi connectivity index (χ2v) is 7.08. The average molecular weight is 340 g/mol. The molecule has 0 bridgehead atoms. The number of carboxylic acids is 1. The second kappa shape index (κ2) is 6.96. The molecule has 6 nitrogen and oxygen atoms in total. The number of carbonyl (C=O) groups is 1. The molecule has 2 aliphatic heterocycles. The van der Waals surface area contributed by atoms with Crippen LogP contribution in [-0.2, 0) is 4.79 Å². The zero-order valence-corrected chi connectivity index (χ0v) is 14.3. The molecule has 0 saturated carbocycles. The number of rotatable bonds is 3. The van der Waals surface area contributed by atoms with E-state index in [-0.39, 0.29) is 5.92 Å². The lowest BCUT2D eigenvalue weighted by atomic mass is 9.91. The molecule has 2 aromatic rings. The third-order valence-corrected chi connectivity index (χ3v) is 5.59. The normalized spacial score (nSPS) is 20.1. The van der Waals surface area contributed by atoms with Gasteiger partial charge in [0.2, 0.25) is 0 Å². The maximum atomic E-state index is 11.1. The summed E-state index contributed by atoms with van der Waals surface area (Å²) in [6.07, 6.45) is 5.34. The fourth-order valence-electron chi connectivity index (χ4n) is 4.07. The number of nitrogens with one attached hydrogen (secondary N) is 1. The Morgan fingerprint density at radius 1 is 1.12 bits per heavy atom. The summed E-state index contributed by atoms with van der Waals surface area (Å²) in [4.78, 5) is 22.5. The number of carboxylic acid groups (broad SMARTS) is 1. The van der Waals surface area contributed by atoms with Gasteiger partial charge in [0, 0.05) is 30.1 Å². The van der Waals surface area contributed by atoms with E-state index in [0.29, 0.717) is 18.8 Å². The highest BCUT2D eigenvalue weighted by molar-refractivity contribution is 5.84. The maximum absolute atomic E-state index is 11.1. The van der Waals surface area contributed by atoms with Crippen LogP contribution < -0.4 is 10.2 Å². The predicted molar refractivity (Wildman–Crippen MR) is 97.0 cm³/mol. The number of nitrogens with zero attached hydrogens (tertiary/aromatic N) is 3. The van der Waals surface area contributed by atoms with Crippen molar-refractivity contribution in [1.82, 2.24) is 15.3 Å². The molecule has 0 spiro atoms. The Labute approximate surface area is 147 Å². The van der Waals surface area contributed by atoms with E-state index in [1.807, 2.05) is 0 Å². The largest absolute Gasteiger partial charge is 0.481 e. The molecule has 0 atom stereocenters. The van der Waals surface area contributed by atoms with Crippen LogP contribution in [0.5, 0.6) is 0 Å². The van der Waals surface area contributed by atoms with E-state index in [0.717, 1.165) is 55.6 Å². The van der Waals surface area contributed by atoms with E-state index in [1.165, 1.54) is 5.69 Å². The van der Waals surface area contributed by atoms with Gasteiger partial charge in [0.05, 0.1) is 17.1 Å². The van der Waals surface area contributed by atoms with E-state index in [2.05, 4.69) is 38.4 Å². The Morgan fingerprint density at radius 3 is 2.60 bits per heavy atom. The van der Waals surface area contributed by atoms with Crippen molar-refractivity contribution < 1.29 is 9.90 Å². The Hall–Kier alpha value is -2.21. The fraction of sp³-hybridized carbons (Fsp3) is 0.526. The van der Waals surface area contributed by atoms with E-state index in [1.54, 1.807) is 6.33 Å². The lowest BCUT2D eigenvalue weighted by Gasteiger charge is -2.32. The first-order chi connectivity index (χ1) is 12.2. The predicted octanol–water partition coefficient (Wildman–Crippen LogP) is 2.40. The van der Waals surface area contributed by atoms with Crippen LogP contribution in [0, 0.1) is 5.92 Å². The van der Waals surface area contributed by atoms with Crippen LogP contribution in [0.4, 0.5) is 5.69 Å². The van der Waals surface area contributed by atoms with Crippen LogP contribution in [0.15, 0.2) is 24.5 Å². The number of piperidine rings is 2. The molecule has 0 unspecified atom stereocenters. The van der Waals surface area contributed by atoms with E-state index >= 15 is 0 Å². The molecule has 4 rings (SSSR count). The summed E-state index contributed by atoms with van der Waals surface area (Å²) in [7, 11) is 0. The standard InChI is InChI=1S/C19H24N4O2/c24-19(25)14-5-9-23(10-6-14)15-1-2-16-17(11-15)21-12-22-18(16)13-3-7-20-8-4-13/h1-2,11-14,20H,3-10H2,(H,24,25). The number of anilines is 1. The number of aliphatic carboxylic acids is 1. The lowest BCUT2D eigenvalue weighted by molar-refractivity contribution is -0.142. The number of fused-ring (bicyclic) bond motifs is 1. The molecule has 3 heterocycles. The molecule has 2 aliphatic rings. The Bertz CT molecular complexity index is 765. The molecule has 0 aliphatic carbocycles. The molecule has 1 aromatic carbocycles. The molecule has 2 saturated heterocycles. The zero-order valence-electron chi connectivity index (χ0n) is 14.3. The zero-order chi connectivity index (χ0) is 17.2. The van der Waals surface area contributed by atoms with Crippen molar-refractivity contribution in [3.63, 3.8) is 0 Å². The first-order valence-electron chi connectivity index (χ1n) is 9.15. The van der Waals surface area contributed by atoms with Gasteiger partial charge in [-0.05, 0) is 57.0 Å². The van der Waals surface area contributed by atoms with Crippen molar-refractivity contribution in [3.8, 4) is 0 Å². The van der Waals surface area contributed by atoms with E-state index < -0.39 is 5.97 Å². The molecular weight excluding hydrogens is 316 g/mol. The minimum atomic E-state index is -0.669. The highest BCUT2D eigenvalue weighted by Gasteiger charge is 2.25. The van der Waals surface area contributed by atoms with Crippen LogP contribution in [0.3, 0.4) is 0 Å². The first kappa shape index (κ1) is 16.3. The summed E-state index contributed by atoms with van der Waals surface area (Å²) >= 11 is 0. The van der Waals surface area contributed by atoms with Gasteiger partial charge in [-0.3, -0.25) is 4.79 Å². The summed E-state index contributed by atoms with van der Waals surface area (Å²) in [5.74, 6) is -0.369. The van der Waals surface area contributed by atoms with Crippen molar-refractivity contribution in [1.29, 1.82) is 0 Å². The molecule has 25 heavy (non-hydrogen) atoms. The van der Waals surface area contributed by atoms with Crippen molar-refractivity contribution >= 4 is 22.6 Å².